The molecule has 1 atom stereocenters. The fourth-order valence-corrected chi connectivity index (χ4v) is 1.15. The number of aliphatic hydroxyl groups excluding tert-OH is 1. The summed E-state index contributed by atoms with van der Waals surface area (Å²) in [6, 6.07) is 1.79. The number of pyridine rings is 1. The van der Waals surface area contributed by atoms with Gasteiger partial charge in [0.2, 0.25) is 0 Å². The SMILES string of the molecule is CC(C)C(O)CNc1ccncc1Cl. The lowest BCUT2D eigenvalue weighted by Gasteiger charge is -2.16. The second kappa shape index (κ2) is 5.17. The third-order valence-corrected chi connectivity index (χ3v) is 2.34. The van der Waals surface area contributed by atoms with Gasteiger partial charge in [0.1, 0.15) is 0 Å². The number of hydrogen-bond acceptors (Lipinski definition) is 3. The van der Waals surface area contributed by atoms with E-state index in [1.165, 1.54) is 0 Å². The molecule has 0 spiro atoms. The number of aromatic nitrogens is 1. The molecule has 0 saturated heterocycles. The van der Waals surface area contributed by atoms with Gasteiger partial charge in [-0.15, -0.1) is 0 Å². The molecule has 14 heavy (non-hydrogen) atoms. The predicted molar refractivity (Wildman–Crippen MR) is 58.6 cm³/mol. The Morgan fingerprint density at radius 3 is 2.86 bits per heavy atom. The maximum atomic E-state index is 9.56. The molecular weight excluding hydrogens is 200 g/mol. The molecule has 4 heteroatoms. The minimum atomic E-state index is -0.362. The van der Waals surface area contributed by atoms with Crippen LogP contribution in [0.1, 0.15) is 13.8 Å². The van der Waals surface area contributed by atoms with Crippen molar-refractivity contribution in [1.82, 2.24) is 4.98 Å². The summed E-state index contributed by atoms with van der Waals surface area (Å²) in [4.78, 5) is 3.87. The maximum Gasteiger partial charge on any atom is 0.0820 e. The summed E-state index contributed by atoms with van der Waals surface area (Å²) >= 11 is 5.88. The quantitative estimate of drug-likeness (QED) is 0.808. The Balaban J connectivity index is 2.50. The topological polar surface area (TPSA) is 45.1 Å². The standard InChI is InChI=1S/C10H15ClN2O/c1-7(2)10(14)6-13-9-3-4-12-5-8(9)11/h3-5,7,10,14H,6H2,1-2H3,(H,12,13). The van der Waals surface area contributed by atoms with E-state index in [9.17, 15) is 5.11 Å². The molecule has 0 aliphatic rings. The highest BCUT2D eigenvalue weighted by molar-refractivity contribution is 6.33. The van der Waals surface area contributed by atoms with Crippen molar-refractivity contribution in [3.05, 3.63) is 23.5 Å². The minimum Gasteiger partial charge on any atom is -0.391 e. The number of anilines is 1. The third kappa shape index (κ3) is 3.16. The van der Waals surface area contributed by atoms with Crippen molar-refractivity contribution in [2.45, 2.75) is 20.0 Å². The van der Waals surface area contributed by atoms with E-state index < -0.39 is 0 Å². The van der Waals surface area contributed by atoms with Crippen LogP contribution in [-0.4, -0.2) is 22.7 Å². The number of aliphatic hydroxyl groups is 1. The van der Waals surface area contributed by atoms with E-state index in [1.54, 1.807) is 18.5 Å². The average Bonchev–Trinajstić information content (AvgIpc) is 2.16. The molecule has 78 valence electrons. The highest BCUT2D eigenvalue weighted by Crippen LogP contribution is 2.19. The number of hydrogen-bond donors (Lipinski definition) is 2. The first-order valence-corrected chi connectivity index (χ1v) is 5.00. The molecule has 1 aromatic heterocycles. The van der Waals surface area contributed by atoms with E-state index in [0.717, 1.165) is 5.69 Å². The fourth-order valence-electron chi connectivity index (χ4n) is 0.969. The van der Waals surface area contributed by atoms with Gasteiger partial charge in [0.15, 0.2) is 0 Å². The predicted octanol–water partition coefficient (Wildman–Crippen LogP) is 2.16. The molecule has 0 aliphatic carbocycles. The van der Waals surface area contributed by atoms with Gasteiger partial charge in [0, 0.05) is 18.9 Å². The van der Waals surface area contributed by atoms with Gasteiger partial charge in [0.25, 0.3) is 0 Å². The van der Waals surface area contributed by atoms with E-state index in [0.29, 0.717) is 11.6 Å². The summed E-state index contributed by atoms with van der Waals surface area (Å²) < 4.78 is 0. The van der Waals surface area contributed by atoms with Crippen molar-refractivity contribution in [2.75, 3.05) is 11.9 Å². The summed E-state index contributed by atoms with van der Waals surface area (Å²) in [5.41, 5.74) is 0.807. The summed E-state index contributed by atoms with van der Waals surface area (Å²) in [5.74, 6) is 0.239. The summed E-state index contributed by atoms with van der Waals surface area (Å²) in [7, 11) is 0. The smallest absolute Gasteiger partial charge is 0.0820 e. The molecule has 1 unspecified atom stereocenters. The highest BCUT2D eigenvalue weighted by atomic mass is 35.5. The molecule has 3 nitrogen and oxygen atoms in total. The molecule has 0 bridgehead atoms. The van der Waals surface area contributed by atoms with Gasteiger partial charge in [-0.3, -0.25) is 4.98 Å². The van der Waals surface area contributed by atoms with Crippen LogP contribution in [0.15, 0.2) is 18.5 Å². The van der Waals surface area contributed by atoms with Crippen molar-refractivity contribution in [1.29, 1.82) is 0 Å². The van der Waals surface area contributed by atoms with Gasteiger partial charge in [0.05, 0.1) is 16.8 Å². The Morgan fingerprint density at radius 1 is 1.57 bits per heavy atom. The molecule has 1 aromatic rings. The zero-order valence-corrected chi connectivity index (χ0v) is 9.12. The lowest BCUT2D eigenvalue weighted by Crippen LogP contribution is -2.24. The van der Waals surface area contributed by atoms with Gasteiger partial charge < -0.3 is 10.4 Å². The van der Waals surface area contributed by atoms with Gasteiger partial charge in [-0.1, -0.05) is 25.4 Å². The van der Waals surface area contributed by atoms with Gasteiger partial charge in [-0.25, -0.2) is 0 Å². The molecule has 2 N–H and O–H groups in total. The third-order valence-electron chi connectivity index (χ3n) is 2.04. The first kappa shape index (κ1) is 11.3. The van der Waals surface area contributed by atoms with Crippen LogP contribution in [0.25, 0.3) is 0 Å². The van der Waals surface area contributed by atoms with E-state index in [-0.39, 0.29) is 12.0 Å². The Kier molecular flexibility index (Phi) is 4.17. The molecule has 0 amide bonds. The van der Waals surface area contributed by atoms with E-state index in [4.69, 9.17) is 11.6 Å². The lowest BCUT2D eigenvalue weighted by molar-refractivity contribution is 0.138. The van der Waals surface area contributed by atoms with Crippen molar-refractivity contribution >= 4 is 17.3 Å². The number of halogens is 1. The molecule has 1 heterocycles. The second-order valence-electron chi connectivity index (χ2n) is 3.55. The van der Waals surface area contributed by atoms with E-state index in [2.05, 4.69) is 10.3 Å². The minimum absolute atomic E-state index is 0.239. The molecule has 0 saturated carbocycles. The average molecular weight is 215 g/mol. The lowest BCUT2D eigenvalue weighted by atomic mass is 10.1. The second-order valence-corrected chi connectivity index (χ2v) is 3.95. The summed E-state index contributed by atoms with van der Waals surface area (Å²) in [6.45, 7) is 4.45. The summed E-state index contributed by atoms with van der Waals surface area (Å²) in [5, 5.41) is 13.2. The molecule has 1 rings (SSSR count). The van der Waals surface area contributed by atoms with E-state index in [1.807, 2.05) is 13.8 Å². The zero-order valence-electron chi connectivity index (χ0n) is 8.37. The first-order valence-electron chi connectivity index (χ1n) is 4.62. The van der Waals surface area contributed by atoms with Crippen molar-refractivity contribution in [2.24, 2.45) is 5.92 Å². The van der Waals surface area contributed by atoms with Crippen LogP contribution in [0.3, 0.4) is 0 Å². The molecule has 0 fully saturated rings. The van der Waals surface area contributed by atoms with Crippen LogP contribution < -0.4 is 5.32 Å². The van der Waals surface area contributed by atoms with Crippen LogP contribution in [0.5, 0.6) is 0 Å². The first-order chi connectivity index (χ1) is 6.61. The Hall–Kier alpha value is -0.800. The number of rotatable bonds is 4. The molecule has 0 radical (unpaired) electrons. The largest absolute Gasteiger partial charge is 0.391 e. The van der Waals surface area contributed by atoms with Crippen molar-refractivity contribution in [3.63, 3.8) is 0 Å². The monoisotopic (exact) mass is 214 g/mol. The van der Waals surface area contributed by atoms with Crippen LogP contribution in [0.2, 0.25) is 5.02 Å². The zero-order chi connectivity index (χ0) is 10.6. The summed E-state index contributed by atoms with van der Waals surface area (Å²) in [6.07, 6.45) is 2.88. The Morgan fingerprint density at radius 2 is 2.29 bits per heavy atom. The van der Waals surface area contributed by atoms with Gasteiger partial charge in [-0.2, -0.15) is 0 Å². The number of nitrogens with zero attached hydrogens (tertiary/aromatic N) is 1. The van der Waals surface area contributed by atoms with E-state index >= 15 is 0 Å². The van der Waals surface area contributed by atoms with Crippen molar-refractivity contribution < 1.29 is 5.11 Å². The Bertz CT molecular complexity index is 291. The molecule has 0 aromatic carbocycles. The molecule has 0 aliphatic heterocycles. The fraction of sp³-hybridized carbons (Fsp3) is 0.500. The Labute approximate surface area is 89.1 Å². The van der Waals surface area contributed by atoms with Gasteiger partial charge in [-0.05, 0) is 12.0 Å². The van der Waals surface area contributed by atoms with Gasteiger partial charge >= 0.3 is 0 Å². The molecular formula is C10H15ClN2O. The van der Waals surface area contributed by atoms with Crippen LogP contribution in [0, 0.1) is 5.92 Å². The van der Waals surface area contributed by atoms with Crippen LogP contribution in [0.4, 0.5) is 5.69 Å². The van der Waals surface area contributed by atoms with Crippen molar-refractivity contribution in [3.8, 4) is 0 Å². The highest BCUT2D eigenvalue weighted by Gasteiger charge is 2.09. The maximum absolute atomic E-state index is 9.56. The van der Waals surface area contributed by atoms with Crippen LogP contribution in [-0.2, 0) is 0 Å². The van der Waals surface area contributed by atoms with Crippen LogP contribution >= 0.6 is 11.6 Å². The normalized spacial score (nSPS) is 12.9. The number of nitrogens with one attached hydrogen (secondary N) is 1.